The van der Waals surface area contributed by atoms with Crippen molar-refractivity contribution in [2.24, 2.45) is 0 Å². The number of thiazole rings is 1. The minimum absolute atomic E-state index is 0.0167. The van der Waals surface area contributed by atoms with E-state index in [2.05, 4.69) is 52.3 Å². The number of nitrogens with zero attached hydrogens (tertiary/aromatic N) is 4. The van der Waals surface area contributed by atoms with Crippen LogP contribution in [0.2, 0.25) is 0 Å². The lowest BCUT2D eigenvalue weighted by atomic mass is 9.94. The summed E-state index contributed by atoms with van der Waals surface area (Å²) in [5.74, 6) is 0.867. The Hall–Kier alpha value is -2.85. The van der Waals surface area contributed by atoms with Gasteiger partial charge in [-0.3, -0.25) is 9.59 Å². The van der Waals surface area contributed by atoms with E-state index in [0.29, 0.717) is 12.6 Å². The zero-order valence-corrected chi connectivity index (χ0v) is 20.3. The largest absolute Gasteiger partial charge is 0.489 e. The molecule has 1 aromatic carbocycles. The van der Waals surface area contributed by atoms with Crippen LogP contribution in [0.4, 0.5) is 16.5 Å². The predicted molar refractivity (Wildman–Crippen MR) is 129 cm³/mol. The Morgan fingerprint density at radius 1 is 1.36 bits per heavy atom. The van der Waals surface area contributed by atoms with Crippen molar-refractivity contribution in [2.45, 2.75) is 38.3 Å². The zero-order valence-electron chi connectivity index (χ0n) is 19.5. The summed E-state index contributed by atoms with van der Waals surface area (Å²) in [5.41, 5.74) is 2.84. The van der Waals surface area contributed by atoms with Gasteiger partial charge in [0.15, 0.2) is 5.13 Å². The van der Waals surface area contributed by atoms with Crippen LogP contribution in [0.3, 0.4) is 0 Å². The average molecular weight is 474 g/mol. The molecule has 10 heteroatoms. The maximum absolute atomic E-state index is 12.5. The molecule has 0 aliphatic carbocycles. The van der Waals surface area contributed by atoms with Crippen molar-refractivity contribution < 1.29 is 19.4 Å². The van der Waals surface area contributed by atoms with E-state index in [-0.39, 0.29) is 17.9 Å². The fraction of sp³-hybridized carbons (Fsp3) is 0.522. The molecule has 0 saturated carbocycles. The smallest absolute Gasteiger partial charge is 0.290 e. The first-order valence-corrected chi connectivity index (χ1v) is 11.9. The summed E-state index contributed by atoms with van der Waals surface area (Å²) in [7, 11) is 4.35. The Bertz CT molecular complexity index is 1040. The van der Waals surface area contributed by atoms with Crippen molar-refractivity contribution >= 4 is 40.2 Å². The second kappa shape index (κ2) is 9.18. The topological polar surface area (TPSA) is 98.2 Å². The molecular weight excluding hydrogens is 442 g/mol. The normalized spacial score (nSPS) is 21.2. The molecule has 1 unspecified atom stereocenters. The van der Waals surface area contributed by atoms with Crippen LogP contribution in [0.5, 0.6) is 5.75 Å². The first kappa shape index (κ1) is 23.3. The lowest BCUT2D eigenvalue weighted by Crippen LogP contribution is -2.48. The minimum Gasteiger partial charge on any atom is -0.489 e. The summed E-state index contributed by atoms with van der Waals surface area (Å²) >= 11 is 1.48. The van der Waals surface area contributed by atoms with Gasteiger partial charge in [-0.2, -0.15) is 0 Å². The van der Waals surface area contributed by atoms with E-state index < -0.39 is 0 Å². The Kier molecular flexibility index (Phi) is 6.49. The van der Waals surface area contributed by atoms with Gasteiger partial charge < -0.3 is 29.9 Å². The average Bonchev–Trinajstić information content (AvgIpc) is 3.38. The van der Waals surface area contributed by atoms with Gasteiger partial charge in [-0.05, 0) is 46.0 Å². The number of likely N-dealkylation sites (N-methyl/N-ethyl adjacent to an activating group) is 2. The first-order chi connectivity index (χ1) is 15.7. The number of carboxylic acid groups (broad SMARTS) is 1. The molecule has 33 heavy (non-hydrogen) atoms. The monoisotopic (exact) mass is 473 g/mol. The van der Waals surface area contributed by atoms with E-state index in [4.69, 9.17) is 19.6 Å². The standard InChI is InChI=1S/C22H29N5O2S.CH2O2/c1-22(2)12-16-19(20(28)24-22)30-21(23-16)27-9-10-29-18-11-14(5-6-17(18)27)26(4)15-7-8-25(3)13-15;2-1-3/h5-6,11,15H,7-10,12-13H2,1-4H3,(H,24,28);1H,(H,2,3). The number of ether oxygens (including phenoxy) is 1. The molecule has 1 fully saturated rings. The summed E-state index contributed by atoms with van der Waals surface area (Å²) < 4.78 is 6.02. The first-order valence-electron chi connectivity index (χ1n) is 11.1. The number of likely N-dealkylation sites (tertiary alicyclic amines) is 1. The molecule has 1 amide bonds. The number of carbonyl (C=O) groups excluding carboxylic acids is 1. The third-order valence-corrected chi connectivity index (χ3v) is 7.43. The Morgan fingerprint density at radius 2 is 2.12 bits per heavy atom. The van der Waals surface area contributed by atoms with Crippen molar-refractivity contribution in [3.8, 4) is 5.75 Å². The molecule has 3 aliphatic rings. The van der Waals surface area contributed by atoms with Crippen LogP contribution in [0.1, 0.15) is 35.6 Å². The van der Waals surface area contributed by atoms with Gasteiger partial charge in [-0.25, -0.2) is 4.98 Å². The van der Waals surface area contributed by atoms with E-state index >= 15 is 0 Å². The fourth-order valence-corrected chi connectivity index (χ4v) is 5.66. The third kappa shape index (κ3) is 4.77. The molecule has 2 aromatic rings. The molecule has 3 aliphatic heterocycles. The van der Waals surface area contributed by atoms with Crippen LogP contribution in [0.15, 0.2) is 18.2 Å². The molecule has 9 nitrogen and oxygen atoms in total. The van der Waals surface area contributed by atoms with E-state index in [0.717, 1.165) is 53.2 Å². The number of amides is 1. The SMILES string of the molecule is CN1CCC(N(C)c2ccc3c(c2)OCCN3c2nc3c(s2)C(=O)NC(C)(C)C3)C1.O=CO. The molecule has 5 rings (SSSR count). The number of hydrogen-bond donors (Lipinski definition) is 2. The van der Waals surface area contributed by atoms with E-state index in [1.807, 2.05) is 13.8 Å². The second-order valence-electron chi connectivity index (χ2n) is 9.36. The highest BCUT2D eigenvalue weighted by Gasteiger charge is 2.35. The van der Waals surface area contributed by atoms with Crippen LogP contribution >= 0.6 is 11.3 Å². The van der Waals surface area contributed by atoms with Crippen LogP contribution < -0.4 is 19.9 Å². The molecule has 4 heterocycles. The fourth-order valence-electron chi connectivity index (χ4n) is 4.64. The molecule has 0 bridgehead atoms. The highest BCUT2D eigenvalue weighted by molar-refractivity contribution is 7.17. The van der Waals surface area contributed by atoms with Crippen LogP contribution in [-0.4, -0.2) is 79.3 Å². The molecule has 0 spiro atoms. The van der Waals surface area contributed by atoms with Crippen molar-refractivity contribution in [2.75, 3.05) is 50.1 Å². The summed E-state index contributed by atoms with van der Waals surface area (Å²) in [4.78, 5) is 33.4. The number of benzene rings is 1. The molecule has 1 aromatic heterocycles. The van der Waals surface area contributed by atoms with Crippen LogP contribution in [0, 0.1) is 0 Å². The molecule has 1 atom stereocenters. The number of anilines is 3. The minimum atomic E-state index is -0.258. The third-order valence-electron chi connectivity index (χ3n) is 6.31. The lowest BCUT2D eigenvalue weighted by molar-refractivity contribution is -0.122. The number of hydrogen-bond acceptors (Lipinski definition) is 8. The quantitative estimate of drug-likeness (QED) is 0.657. The molecule has 178 valence electrons. The summed E-state index contributed by atoms with van der Waals surface area (Å²) in [5, 5.41) is 10.8. The van der Waals surface area contributed by atoms with Crippen molar-refractivity contribution in [1.29, 1.82) is 0 Å². The van der Waals surface area contributed by atoms with Gasteiger partial charge in [0.2, 0.25) is 0 Å². The summed E-state index contributed by atoms with van der Waals surface area (Å²) in [6, 6.07) is 6.97. The summed E-state index contributed by atoms with van der Waals surface area (Å²) in [6.45, 7) is 7.39. The maximum Gasteiger partial charge on any atom is 0.290 e. The van der Waals surface area contributed by atoms with Crippen molar-refractivity contribution in [3.05, 3.63) is 28.8 Å². The zero-order chi connectivity index (χ0) is 23.8. The van der Waals surface area contributed by atoms with Crippen molar-refractivity contribution in [3.63, 3.8) is 0 Å². The summed E-state index contributed by atoms with van der Waals surface area (Å²) in [6.07, 6.45) is 1.93. The number of carbonyl (C=O) groups is 2. The maximum atomic E-state index is 12.5. The number of aromatic nitrogens is 1. The highest BCUT2D eigenvalue weighted by atomic mass is 32.1. The number of fused-ring (bicyclic) bond motifs is 2. The van der Waals surface area contributed by atoms with E-state index in [1.54, 1.807) is 0 Å². The van der Waals surface area contributed by atoms with Gasteiger partial charge in [-0.1, -0.05) is 11.3 Å². The molecule has 2 N–H and O–H groups in total. The van der Waals surface area contributed by atoms with Gasteiger partial charge in [-0.15, -0.1) is 0 Å². The predicted octanol–water partition coefficient (Wildman–Crippen LogP) is 2.58. The molecule has 0 radical (unpaired) electrons. The number of nitrogens with one attached hydrogen (secondary N) is 1. The van der Waals surface area contributed by atoms with Gasteiger partial charge in [0.25, 0.3) is 12.4 Å². The van der Waals surface area contributed by atoms with Crippen molar-refractivity contribution in [1.82, 2.24) is 15.2 Å². The van der Waals surface area contributed by atoms with Crippen LogP contribution in [0.25, 0.3) is 0 Å². The molecular formula is C23H31N5O4S. The number of rotatable bonds is 3. The van der Waals surface area contributed by atoms with Gasteiger partial charge in [0.1, 0.15) is 17.2 Å². The molecule has 1 saturated heterocycles. The van der Waals surface area contributed by atoms with E-state index in [1.165, 1.54) is 23.4 Å². The van der Waals surface area contributed by atoms with Gasteiger partial charge in [0, 0.05) is 43.3 Å². The highest BCUT2D eigenvalue weighted by Crippen LogP contribution is 2.42. The van der Waals surface area contributed by atoms with Gasteiger partial charge >= 0.3 is 0 Å². The van der Waals surface area contributed by atoms with Crippen LogP contribution in [-0.2, 0) is 11.2 Å². The van der Waals surface area contributed by atoms with Gasteiger partial charge in [0.05, 0.1) is 17.9 Å². The Labute approximate surface area is 198 Å². The second-order valence-corrected chi connectivity index (χ2v) is 10.3. The lowest BCUT2D eigenvalue weighted by Gasteiger charge is -2.32. The Balaban J connectivity index is 0.000000821. The Morgan fingerprint density at radius 3 is 2.82 bits per heavy atom. The van der Waals surface area contributed by atoms with E-state index in [9.17, 15) is 4.79 Å².